The third-order valence-electron chi connectivity index (χ3n) is 5.38. The summed E-state index contributed by atoms with van der Waals surface area (Å²) in [6, 6.07) is 3.37. The van der Waals surface area contributed by atoms with Crippen LogP contribution in [-0.4, -0.2) is 36.1 Å². The highest BCUT2D eigenvalue weighted by atomic mass is 15.2. The molecule has 3 unspecified atom stereocenters. The molecule has 0 amide bonds. The quantitative estimate of drug-likeness (QED) is 0.789. The molecule has 0 aromatic carbocycles. The van der Waals surface area contributed by atoms with Gasteiger partial charge >= 0.3 is 0 Å². The Hall–Kier alpha value is -0.0800. The molecule has 0 aromatic heterocycles. The lowest BCUT2D eigenvalue weighted by Gasteiger charge is -2.38. The van der Waals surface area contributed by atoms with E-state index in [0.29, 0.717) is 0 Å². The molecule has 3 rings (SSSR count). The van der Waals surface area contributed by atoms with Crippen LogP contribution in [0.2, 0.25) is 0 Å². The van der Waals surface area contributed by atoms with E-state index in [1.54, 1.807) is 0 Å². The first-order valence-electron chi connectivity index (χ1n) is 7.74. The van der Waals surface area contributed by atoms with Gasteiger partial charge in [-0.2, -0.15) is 0 Å². The van der Waals surface area contributed by atoms with Gasteiger partial charge in [0.2, 0.25) is 0 Å². The summed E-state index contributed by atoms with van der Waals surface area (Å²) in [6.45, 7) is 2.35. The van der Waals surface area contributed by atoms with Crippen LogP contribution in [0, 0.1) is 5.92 Å². The third-order valence-corrected chi connectivity index (χ3v) is 5.38. The zero-order chi connectivity index (χ0) is 11.8. The molecule has 17 heavy (non-hydrogen) atoms. The van der Waals surface area contributed by atoms with Crippen molar-refractivity contribution in [2.45, 2.75) is 82.5 Å². The maximum Gasteiger partial charge on any atom is 0.0111 e. The molecular formula is C15H28N2. The maximum absolute atomic E-state index is 3.97. The molecule has 3 aliphatic rings. The molecule has 2 aliphatic heterocycles. The van der Waals surface area contributed by atoms with Gasteiger partial charge in [-0.15, -0.1) is 0 Å². The van der Waals surface area contributed by atoms with Crippen LogP contribution in [0.4, 0.5) is 0 Å². The van der Waals surface area contributed by atoms with E-state index < -0.39 is 0 Å². The molecule has 2 bridgehead atoms. The van der Waals surface area contributed by atoms with E-state index in [0.717, 1.165) is 30.1 Å². The molecule has 3 atom stereocenters. The van der Waals surface area contributed by atoms with Crippen LogP contribution >= 0.6 is 0 Å². The van der Waals surface area contributed by atoms with Crippen molar-refractivity contribution in [2.24, 2.45) is 5.92 Å². The fourth-order valence-corrected chi connectivity index (χ4v) is 3.99. The summed E-state index contributed by atoms with van der Waals surface area (Å²) in [5.74, 6) is 1.07. The molecule has 98 valence electrons. The van der Waals surface area contributed by atoms with Gasteiger partial charge in [0.15, 0.2) is 0 Å². The van der Waals surface area contributed by atoms with Crippen molar-refractivity contribution in [3.05, 3.63) is 0 Å². The fraction of sp³-hybridized carbons (Fsp3) is 1.00. The van der Waals surface area contributed by atoms with Crippen LogP contribution in [0.25, 0.3) is 0 Å². The lowest BCUT2D eigenvalue weighted by atomic mass is 9.96. The average Bonchev–Trinajstić information content (AvgIpc) is 3.10. The maximum atomic E-state index is 3.97. The first-order valence-corrected chi connectivity index (χ1v) is 7.74. The highest BCUT2D eigenvalue weighted by Crippen LogP contribution is 2.36. The molecule has 2 heteroatoms. The van der Waals surface area contributed by atoms with Gasteiger partial charge in [0.25, 0.3) is 0 Å². The summed E-state index contributed by atoms with van der Waals surface area (Å²) in [5.41, 5.74) is 0. The standard InChI is InChI=1S/C15H28N2/c1-3-12(8-11-4-5-11)16-13-9-14-6-7-15(10-13)17(14)2/h11-16H,3-10H2,1-2H3. The summed E-state index contributed by atoms with van der Waals surface area (Å²) in [4.78, 5) is 2.64. The van der Waals surface area contributed by atoms with E-state index >= 15 is 0 Å². The first kappa shape index (κ1) is 12.0. The Kier molecular flexibility index (Phi) is 3.45. The van der Waals surface area contributed by atoms with E-state index in [9.17, 15) is 0 Å². The Labute approximate surface area is 106 Å². The fourth-order valence-electron chi connectivity index (χ4n) is 3.99. The van der Waals surface area contributed by atoms with Gasteiger partial charge in [-0.05, 0) is 51.5 Å². The van der Waals surface area contributed by atoms with Crippen molar-refractivity contribution in [3.63, 3.8) is 0 Å². The highest BCUT2D eigenvalue weighted by Gasteiger charge is 2.39. The second-order valence-electron chi connectivity index (χ2n) is 6.67. The van der Waals surface area contributed by atoms with E-state index in [2.05, 4.69) is 24.2 Å². The number of rotatable bonds is 5. The molecule has 2 saturated heterocycles. The Bertz CT molecular complexity index is 248. The summed E-state index contributed by atoms with van der Waals surface area (Å²) < 4.78 is 0. The molecule has 0 aromatic rings. The Morgan fingerprint density at radius 3 is 2.29 bits per heavy atom. The van der Waals surface area contributed by atoms with Gasteiger partial charge in [-0.3, -0.25) is 0 Å². The second-order valence-corrected chi connectivity index (χ2v) is 6.67. The molecule has 2 heterocycles. The normalized spacial score (nSPS) is 39.5. The van der Waals surface area contributed by atoms with E-state index in [4.69, 9.17) is 0 Å². The zero-order valence-corrected chi connectivity index (χ0v) is 11.5. The van der Waals surface area contributed by atoms with Crippen molar-refractivity contribution < 1.29 is 0 Å². The lowest BCUT2D eigenvalue weighted by Crippen LogP contribution is -2.49. The Balaban J connectivity index is 1.51. The number of fused-ring (bicyclic) bond motifs is 2. The predicted molar refractivity (Wildman–Crippen MR) is 72.2 cm³/mol. The van der Waals surface area contributed by atoms with Gasteiger partial charge in [-0.1, -0.05) is 19.8 Å². The number of nitrogens with one attached hydrogen (secondary N) is 1. The lowest BCUT2D eigenvalue weighted by molar-refractivity contribution is 0.141. The minimum atomic E-state index is 0.801. The van der Waals surface area contributed by atoms with E-state index in [1.807, 2.05) is 0 Å². The van der Waals surface area contributed by atoms with Crippen molar-refractivity contribution in [1.82, 2.24) is 10.2 Å². The molecule has 0 spiro atoms. The Morgan fingerprint density at radius 2 is 1.76 bits per heavy atom. The van der Waals surface area contributed by atoms with Crippen molar-refractivity contribution in [2.75, 3.05) is 7.05 Å². The second kappa shape index (κ2) is 4.89. The van der Waals surface area contributed by atoms with E-state index in [1.165, 1.54) is 51.4 Å². The van der Waals surface area contributed by atoms with Gasteiger partial charge < -0.3 is 10.2 Å². The van der Waals surface area contributed by atoms with Gasteiger partial charge in [-0.25, -0.2) is 0 Å². The molecule has 1 aliphatic carbocycles. The number of hydrogen-bond donors (Lipinski definition) is 1. The molecular weight excluding hydrogens is 208 g/mol. The van der Waals surface area contributed by atoms with Crippen molar-refractivity contribution in [3.8, 4) is 0 Å². The van der Waals surface area contributed by atoms with Crippen LogP contribution in [0.5, 0.6) is 0 Å². The molecule has 2 nitrogen and oxygen atoms in total. The van der Waals surface area contributed by atoms with Crippen LogP contribution < -0.4 is 5.32 Å². The molecule has 1 N–H and O–H groups in total. The summed E-state index contributed by atoms with van der Waals surface area (Å²) in [7, 11) is 2.33. The monoisotopic (exact) mass is 236 g/mol. The van der Waals surface area contributed by atoms with Crippen LogP contribution in [0.15, 0.2) is 0 Å². The molecule has 3 fully saturated rings. The van der Waals surface area contributed by atoms with Crippen molar-refractivity contribution >= 4 is 0 Å². The molecule has 1 saturated carbocycles. The topological polar surface area (TPSA) is 15.3 Å². The van der Waals surface area contributed by atoms with Crippen LogP contribution in [0.3, 0.4) is 0 Å². The zero-order valence-electron chi connectivity index (χ0n) is 11.5. The van der Waals surface area contributed by atoms with Crippen molar-refractivity contribution in [1.29, 1.82) is 0 Å². The number of piperidine rings is 1. The van der Waals surface area contributed by atoms with E-state index in [-0.39, 0.29) is 0 Å². The largest absolute Gasteiger partial charge is 0.311 e. The SMILES string of the molecule is CCC(CC1CC1)NC1CC2CCC(C1)N2C. The average molecular weight is 236 g/mol. The third kappa shape index (κ3) is 2.68. The summed E-state index contributed by atoms with van der Waals surface area (Å²) >= 11 is 0. The molecule has 0 radical (unpaired) electrons. The highest BCUT2D eigenvalue weighted by molar-refractivity contribution is 4.97. The minimum Gasteiger partial charge on any atom is -0.311 e. The summed E-state index contributed by atoms with van der Waals surface area (Å²) in [5, 5.41) is 3.97. The summed E-state index contributed by atoms with van der Waals surface area (Å²) in [6.07, 6.45) is 11.4. The van der Waals surface area contributed by atoms with Gasteiger partial charge in [0.1, 0.15) is 0 Å². The number of nitrogens with zero attached hydrogens (tertiary/aromatic N) is 1. The Morgan fingerprint density at radius 1 is 1.12 bits per heavy atom. The van der Waals surface area contributed by atoms with Crippen LogP contribution in [0.1, 0.15) is 58.3 Å². The van der Waals surface area contributed by atoms with Gasteiger partial charge in [0.05, 0.1) is 0 Å². The number of hydrogen-bond acceptors (Lipinski definition) is 2. The first-order chi connectivity index (χ1) is 8.26. The van der Waals surface area contributed by atoms with Gasteiger partial charge in [0, 0.05) is 24.2 Å². The van der Waals surface area contributed by atoms with Crippen LogP contribution in [-0.2, 0) is 0 Å². The predicted octanol–water partition coefficient (Wildman–Crippen LogP) is 2.78. The minimum absolute atomic E-state index is 0.801. The smallest absolute Gasteiger partial charge is 0.0111 e.